The molecule has 1 aliphatic rings. The zero-order chi connectivity index (χ0) is 17.1. The second kappa shape index (κ2) is 7.05. The number of hydrogen-bond acceptors (Lipinski definition) is 4. The van der Waals surface area contributed by atoms with Gasteiger partial charge in [0.25, 0.3) is 5.91 Å². The van der Waals surface area contributed by atoms with Gasteiger partial charge in [0.1, 0.15) is 11.0 Å². The number of amides is 1. The largest absolute Gasteiger partial charge is 0.336 e. The van der Waals surface area contributed by atoms with Crippen molar-refractivity contribution in [2.75, 3.05) is 6.54 Å². The molecule has 5 heteroatoms. The van der Waals surface area contributed by atoms with Crippen LogP contribution in [0.4, 0.5) is 0 Å². The van der Waals surface area contributed by atoms with E-state index < -0.39 is 0 Å². The molecule has 1 unspecified atom stereocenters. The van der Waals surface area contributed by atoms with Gasteiger partial charge in [-0.2, -0.15) is 0 Å². The first kappa shape index (κ1) is 15.8. The summed E-state index contributed by atoms with van der Waals surface area (Å²) in [6.45, 7) is 0.827. The highest BCUT2D eigenvalue weighted by molar-refractivity contribution is 5.97. The first-order valence-electron chi connectivity index (χ1n) is 8.88. The van der Waals surface area contributed by atoms with E-state index in [1.807, 2.05) is 17.0 Å². The lowest BCUT2D eigenvalue weighted by Crippen LogP contribution is -2.44. The monoisotopic (exact) mass is 335 g/mol. The van der Waals surface area contributed by atoms with Gasteiger partial charge in [0, 0.05) is 18.2 Å². The van der Waals surface area contributed by atoms with Crippen LogP contribution in [0.5, 0.6) is 0 Å². The van der Waals surface area contributed by atoms with Gasteiger partial charge < -0.3 is 4.90 Å². The topological polar surface area (TPSA) is 59.2 Å². The van der Waals surface area contributed by atoms with Crippen LogP contribution in [0.25, 0.3) is 11.0 Å². The summed E-state index contributed by atoms with van der Waals surface area (Å²) < 4.78 is 4.73. The van der Waals surface area contributed by atoms with Crippen LogP contribution in [0.2, 0.25) is 0 Å². The Kier molecular flexibility index (Phi) is 4.46. The summed E-state index contributed by atoms with van der Waals surface area (Å²) in [5.41, 5.74) is 3.30. The highest BCUT2D eigenvalue weighted by Crippen LogP contribution is 2.24. The quantitative estimate of drug-likeness (QED) is 0.726. The normalized spacial score (nSPS) is 17.8. The standard InChI is InChI=1S/C20H21N3O2/c24-20(16-10-12-18-19(14-16)22-25-21-18)23-13-5-4-8-17(23)11-9-15-6-2-1-3-7-15/h1-3,6-7,10,12,14,17H,4-5,8-9,11,13H2. The van der Waals surface area contributed by atoms with E-state index in [2.05, 4.69) is 34.6 Å². The molecule has 1 fully saturated rings. The Bertz CT molecular complexity index is 860. The van der Waals surface area contributed by atoms with E-state index in [4.69, 9.17) is 4.63 Å². The minimum atomic E-state index is 0.0858. The molecule has 1 aromatic heterocycles. The maximum atomic E-state index is 13.0. The van der Waals surface area contributed by atoms with Gasteiger partial charge in [0.2, 0.25) is 0 Å². The molecule has 1 saturated heterocycles. The van der Waals surface area contributed by atoms with E-state index in [-0.39, 0.29) is 5.91 Å². The average Bonchev–Trinajstić information content (AvgIpc) is 3.14. The number of hydrogen-bond donors (Lipinski definition) is 0. The van der Waals surface area contributed by atoms with E-state index in [0.717, 1.165) is 32.2 Å². The minimum absolute atomic E-state index is 0.0858. The van der Waals surface area contributed by atoms with Crippen molar-refractivity contribution >= 4 is 16.9 Å². The number of rotatable bonds is 4. The number of fused-ring (bicyclic) bond motifs is 1. The fourth-order valence-electron chi connectivity index (χ4n) is 3.63. The van der Waals surface area contributed by atoms with Crippen LogP contribution >= 0.6 is 0 Å². The molecule has 1 aliphatic heterocycles. The molecule has 0 saturated carbocycles. The summed E-state index contributed by atoms with van der Waals surface area (Å²) in [6.07, 6.45) is 5.34. The molecular formula is C20H21N3O2. The summed E-state index contributed by atoms with van der Waals surface area (Å²) >= 11 is 0. The molecule has 25 heavy (non-hydrogen) atoms. The van der Waals surface area contributed by atoms with Crippen LogP contribution < -0.4 is 0 Å². The van der Waals surface area contributed by atoms with E-state index >= 15 is 0 Å². The van der Waals surface area contributed by atoms with Crippen LogP contribution in [-0.4, -0.2) is 33.7 Å². The molecule has 3 aromatic rings. The second-order valence-electron chi connectivity index (χ2n) is 6.64. The Hall–Kier alpha value is -2.69. The van der Waals surface area contributed by atoms with Crippen molar-refractivity contribution in [1.82, 2.24) is 15.2 Å². The Morgan fingerprint density at radius 2 is 1.92 bits per heavy atom. The van der Waals surface area contributed by atoms with Crippen LogP contribution in [0.3, 0.4) is 0 Å². The zero-order valence-corrected chi connectivity index (χ0v) is 14.1. The van der Waals surface area contributed by atoms with Crippen molar-refractivity contribution in [3.8, 4) is 0 Å². The summed E-state index contributed by atoms with van der Waals surface area (Å²) in [7, 11) is 0. The number of carbonyl (C=O) groups is 1. The van der Waals surface area contributed by atoms with Crippen molar-refractivity contribution in [2.24, 2.45) is 0 Å². The second-order valence-corrected chi connectivity index (χ2v) is 6.64. The molecule has 1 atom stereocenters. The Morgan fingerprint density at radius 1 is 1.08 bits per heavy atom. The van der Waals surface area contributed by atoms with Crippen molar-refractivity contribution < 1.29 is 9.42 Å². The third-order valence-electron chi connectivity index (χ3n) is 5.00. The van der Waals surface area contributed by atoms with Crippen LogP contribution in [0.1, 0.15) is 41.6 Å². The third-order valence-corrected chi connectivity index (χ3v) is 5.00. The molecule has 1 amide bonds. The average molecular weight is 335 g/mol. The lowest BCUT2D eigenvalue weighted by molar-refractivity contribution is 0.0602. The molecule has 2 aromatic carbocycles. The summed E-state index contributed by atoms with van der Waals surface area (Å²) in [6, 6.07) is 16.2. The highest BCUT2D eigenvalue weighted by Gasteiger charge is 2.27. The van der Waals surface area contributed by atoms with Gasteiger partial charge >= 0.3 is 0 Å². The van der Waals surface area contributed by atoms with Crippen molar-refractivity contribution in [3.63, 3.8) is 0 Å². The number of nitrogens with zero attached hydrogens (tertiary/aromatic N) is 3. The van der Waals surface area contributed by atoms with Gasteiger partial charge in [-0.15, -0.1) is 0 Å². The summed E-state index contributed by atoms with van der Waals surface area (Å²) in [5.74, 6) is 0.0858. The van der Waals surface area contributed by atoms with E-state index in [9.17, 15) is 4.79 Å². The Balaban J connectivity index is 1.50. The number of carbonyl (C=O) groups excluding carboxylic acids is 1. The lowest BCUT2D eigenvalue weighted by atomic mass is 9.95. The molecule has 128 valence electrons. The SMILES string of the molecule is O=C(c1ccc2nonc2c1)N1CCCCC1CCc1ccccc1. The molecular weight excluding hydrogens is 314 g/mol. The number of piperidine rings is 1. The molecule has 0 radical (unpaired) electrons. The predicted molar refractivity (Wildman–Crippen MR) is 95.2 cm³/mol. The minimum Gasteiger partial charge on any atom is -0.336 e. The van der Waals surface area contributed by atoms with Crippen molar-refractivity contribution in [2.45, 2.75) is 38.1 Å². The van der Waals surface area contributed by atoms with Crippen LogP contribution in [0, 0.1) is 0 Å². The predicted octanol–water partition coefficient (Wildman–Crippen LogP) is 3.85. The Morgan fingerprint density at radius 3 is 2.80 bits per heavy atom. The lowest BCUT2D eigenvalue weighted by Gasteiger charge is -2.36. The molecule has 2 heterocycles. The van der Waals surface area contributed by atoms with Gasteiger partial charge in [0.15, 0.2) is 0 Å². The molecule has 4 rings (SSSR count). The van der Waals surface area contributed by atoms with E-state index in [0.29, 0.717) is 22.6 Å². The molecule has 5 nitrogen and oxygen atoms in total. The van der Waals surface area contributed by atoms with Gasteiger partial charge in [-0.05, 0) is 66.2 Å². The van der Waals surface area contributed by atoms with Gasteiger partial charge in [-0.25, -0.2) is 4.63 Å². The number of likely N-dealkylation sites (tertiary alicyclic amines) is 1. The van der Waals surface area contributed by atoms with Gasteiger partial charge in [-0.3, -0.25) is 4.79 Å². The smallest absolute Gasteiger partial charge is 0.254 e. The number of aromatic nitrogens is 2. The molecule has 0 aliphatic carbocycles. The van der Waals surface area contributed by atoms with E-state index in [1.54, 1.807) is 12.1 Å². The zero-order valence-electron chi connectivity index (χ0n) is 14.1. The number of benzene rings is 2. The summed E-state index contributed by atoms with van der Waals surface area (Å²) in [4.78, 5) is 15.1. The number of aryl methyl sites for hydroxylation is 1. The van der Waals surface area contributed by atoms with Crippen molar-refractivity contribution in [3.05, 3.63) is 59.7 Å². The molecule has 0 spiro atoms. The van der Waals surface area contributed by atoms with Gasteiger partial charge in [-0.1, -0.05) is 30.3 Å². The van der Waals surface area contributed by atoms with Gasteiger partial charge in [0.05, 0.1) is 0 Å². The Labute approximate surface area is 146 Å². The molecule has 0 bridgehead atoms. The van der Waals surface area contributed by atoms with Crippen LogP contribution in [0.15, 0.2) is 53.2 Å². The third kappa shape index (κ3) is 3.40. The maximum Gasteiger partial charge on any atom is 0.254 e. The first-order valence-corrected chi connectivity index (χ1v) is 8.88. The fraction of sp³-hybridized carbons (Fsp3) is 0.350. The van der Waals surface area contributed by atoms with Crippen LogP contribution in [-0.2, 0) is 6.42 Å². The fourth-order valence-corrected chi connectivity index (χ4v) is 3.63. The highest BCUT2D eigenvalue weighted by atomic mass is 16.6. The maximum absolute atomic E-state index is 13.0. The molecule has 0 N–H and O–H groups in total. The summed E-state index contributed by atoms with van der Waals surface area (Å²) in [5, 5.41) is 7.64. The van der Waals surface area contributed by atoms with E-state index in [1.165, 1.54) is 12.0 Å². The van der Waals surface area contributed by atoms with Crippen molar-refractivity contribution in [1.29, 1.82) is 0 Å². The first-order chi connectivity index (χ1) is 12.3.